The second kappa shape index (κ2) is 5.28. The van der Waals surface area contributed by atoms with Crippen LogP contribution in [0.1, 0.15) is 18.4 Å². The lowest BCUT2D eigenvalue weighted by Crippen LogP contribution is -2.40. The normalized spacial score (nSPS) is 21.2. The third-order valence-electron chi connectivity index (χ3n) is 2.71. The molecule has 1 saturated heterocycles. The van der Waals surface area contributed by atoms with Gasteiger partial charge in [0.1, 0.15) is 0 Å². The lowest BCUT2D eigenvalue weighted by atomic mass is 9.99. The van der Waals surface area contributed by atoms with Crippen LogP contribution in [0.15, 0.2) is 16.8 Å². The number of hydrogen-bond acceptors (Lipinski definition) is 3. The van der Waals surface area contributed by atoms with Crippen molar-refractivity contribution in [3.8, 4) is 0 Å². The van der Waals surface area contributed by atoms with E-state index in [4.69, 9.17) is 0 Å². The van der Waals surface area contributed by atoms with Crippen molar-refractivity contribution in [1.82, 2.24) is 10.6 Å². The van der Waals surface area contributed by atoms with Gasteiger partial charge in [-0.05, 0) is 41.8 Å². The summed E-state index contributed by atoms with van der Waals surface area (Å²) in [6.07, 6.45) is 2.12. The first-order valence-corrected chi connectivity index (χ1v) is 6.30. The topological polar surface area (TPSA) is 41.1 Å². The van der Waals surface area contributed by atoms with Crippen molar-refractivity contribution < 1.29 is 4.79 Å². The predicted molar refractivity (Wildman–Crippen MR) is 61.8 cm³/mol. The third kappa shape index (κ3) is 3.04. The smallest absolute Gasteiger partial charge is 0.224 e. The average Bonchev–Trinajstić information content (AvgIpc) is 2.80. The highest BCUT2D eigenvalue weighted by molar-refractivity contribution is 7.07. The van der Waals surface area contributed by atoms with Crippen molar-refractivity contribution in [3.63, 3.8) is 0 Å². The summed E-state index contributed by atoms with van der Waals surface area (Å²) in [4.78, 5) is 11.7. The molecule has 82 valence electrons. The Balaban J connectivity index is 1.76. The first-order valence-electron chi connectivity index (χ1n) is 5.36. The molecule has 1 unspecified atom stereocenters. The molecule has 1 fully saturated rings. The van der Waals surface area contributed by atoms with Gasteiger partial charge >= 0.3 is 0 Å². The Morgan fingerprint density at radius 2 is 2.60 bits per heavy atom. The van der Waals surface area contributed by atoms with Gasteiger partial charge in [0.25, 0.3) is 0 Å². The zero-order chi connectivity index (χ0) is 10.5. The fourth-order valence-electron chi connectivity index (χ4n) is 1.80. The number of carbonyl (C=O) groups excluding carboxylic acids is 1. The van der Waals surface area contributed by atoms with Crippen LogP contribution in [0.5, 0.6) is 0 Å². The Morgan fingerprint density at radius 1 is 1.67 bits per heavy atom. The van der Waals surface area contributed by atoms with Crippen molar-refractivity contribution in [2.75, 3.05) is 13.1 Å². The van der Waals surface area contributed by atoms with Gasteiger partial charge in [-0.2, -0.15) is 11.3 Å². The summed E-state index contributed by atoms with van der Waals surface area (Å²) < 4.78 is 0. The molecule has 2 N–H and O–H groups in total. The molecule has 3 nitrogen and oxygen atoms in total. The summed E-state index contributed by atoms with van der Waals surface area (Å²) in [5.41, 5.74) is 1.19. The molecule has 1 aliphatic heterocycles. The summed E-state index contributed by atoms with van der Waals surface area (Å²) >= 11 is 1.66. The van der Waals surface area contributed by atoms with Gasteiger partial charge in [-0.15, -0.1) is 0 Å². The van der Waals surface area contributed by atoms with Crippen molar-refractivity contribution >= 4 is 17.2 Å². The first kappa shape index (κ1) is 10.6. The van der Waals surface area contributed by atoms with Crippen LogP contribution in [-0.2, 0) is 11.3 Å². The van der Waals surface area contributed by atoms with E-state index in [1.807, 2.05) is 11.4 Å². The van der Waals surface area contributed by atoms with Gasteiger partial charge in [-0.3, -0.25) is 4.79 Å². The third-order valence-corrected chi connectivity index (χ3v) is 3.45. The van der Waals surface area contributed by atoms with Gasteiger partial charge in [0.15, 0.2) is 0 Å². The quantitative estimate of drug-likeness (QED) is 0.814. The number of amides is 1. The maximum atomic E-state index is 11.7. The molecular weight excluding hydrogens is 208 g/mol. The Morgan fingerprint density at radius 3 is 3.27 bits per heavy atom. The van der Waals surface area contributed by atoms with Crippen LogP contribution in [0.4, 0.5) is 0 Å². The van der Waals surface area contributed by atoms with Crippen molar-refractivity contribution in [2.24, 2.45) is 5.92 Å². The van der Waals surface area contributed by atoms with E-state index in [2.05, 4.69) is 16.0 Å². The van der Waals surface area contributed by atoms with Crippen molar-refractivity contribution in [3.05, 3.63) is 22.4 Å². The van der Waals surface area contributed by atoms with E-state index in [1.54, 1.807) is 11.3 Å². The maximum absolute atomic E-state index is 11.7. The molecule has 1 aromatic rings. The maximum Gasteiger partial charge on any atom is 0.224 e. The molecule has 1 aromatic heterocycles. The molecule has 1 amide bonds. The first-order chi connectivity index (χ1) is 7.36. The number of hydrogen-bond donors (Lipinski definition) is 2. The van der Waals surface area contributed by atoms with Crippen LogP contribution < -0.4 is 10.6 Å². The Kier molecular flexibility index (Phi) is 3.75. The highest BCUT2D eigenvalue weighted by atomic mass is 32.1. The van der Waals surface area contributed by atoms with Crippen molar-refractivity contribution in [2.45, 2.75) is 19.4 Å². The van der Waals surface area contributed by atoms with Gasteiger partial charge in [0.05, 0.1) is 5.92 Å². The molecule has 0 saturated carbocycles. The molecule has 4 heteroatoms. The summed E-state index contributed by atoms with van der Waals surface area (Å²) in [5.74, 6) is 0.353. The molecule has 0 bridgehead atoms. The Bertz CT molecular complexity index is 304. The highest BCUT2D eigenvalue weighted by Crippen LogP contribution is 2.10. The fraction of sp³-hybridized carbons (Fsp3) is 0.545. The van der Waals surface area contributed by atoms with E-state index >= 15 is 0 Å². The lowest BCUT2D eigenvalue weighted by Gasteiger charge is -2.21. The van der Waals surface area contributed by atoms with E-state index in [-0.39, 0.29) is 11.8 Å². The Labute approximate surface area is 93.9 Å². The zero-order valence-electron chi connectivity index (χ0n) is 8.66. The lowest BCUT2D eigenvalue weighted by molar-refractivity contribution is -0.125. The molecule has 2 rings (SSSR count). The minimum absolute atomic E-state index is 0.164. The molecule has 15 heavy (non-hydrogen) atoms. The fourth-order valence-corrected chi connectivity index (χ4v) is 2.47. The second-order valence-corrected chi connectivity index (χ2v) is 4.67. The van der Waals surface area contributed by atoms with E-state index in [0.29, 0.717) is 6.54 Å². The summed E-state index contributed by atoms with van der Waals surface area (Å²) in [6, 6.07) is 2.05. The van der Waals surface area contributed by atoms with Gasteiger partial charge in [-0.25, -0.2) is 0 Å². The average molecular weight is 224 g/mol. The van der Waals surface area contributed by atoms with Crippen LogP contribution in [-0.4, -0.2) is 19.0 Å². The van der Waals surface area contributed by atoms with Gasteiger partial charge in [0.2, 0.25) is 5.91 Å². The molecule has 0 aliphatic carbocycles. The number of thiophene rings is 1. The molecule has 0 radical (unpaired) electrons. The van der Waals surface area contributed by atoms with E-state index in [9.17, 15) is 4.79 Å². The molecular formula is C11H16N2OS. The summed E-state index contributed by atoms with van der Waals surface area (Å²) in [6.45, 7) is 2.54. The van der Waals surface area contributed by atoms with E-state index in [1.165, 1.54) is 5.56 Å². The largest absolute Gasteiger partial charge is 0.352 e. The van der Waals surface area contributed by atoms with E-state index < -0.39 is 0 Å². The van der Waals surface area contributed by atoms with Crippen LogP contribution in [0.25, 0.3) is 0 Å². The van der Waals surface area contributed by atoms with Crippen LogP contribution in [0.3, 0.4) is 0 Å². The Hall–Kier alpha value is -0.870. The minimum atomic E-state index is 0.164. The summed E-state index contributed by atoms with van der Waals surface area (Å²) in [5, 5.41) is 10.3. The van der Waals surface area contributed by atoms with Crippen LogP contribution >= 0.6 is 11.3 Å². The number of rotatable bonds is 3. The molecule has 1 aliphatic rings. The van der Waals surface area contributed by atoms with Crippen LogP contribution in [0.2, 0.25) is 0 Å². The van der Waals surface area contributed by atoms with Gasteiger partial charge < -0.3 is 10.6 Å². The zero-order valence-corrected chi connectivity index (χ0v) is 9.48. The summed E-state index contributed by atoms with van der Waals surface area (Å²) in [7, 11) is 0. The van der Waals surface area contributed by atoms with Crippen molar-refractivity contribution in [1.29, 1.82) is 0 Å². The molecule has 0 aromatic carbocycles. The SMILES string of the molecule is O=C(NCc1ccsc1)C1CCCNC1. The second-order valence-electron chi connectivity index (χ2n) is 3.89. The standard InChI is InChI=1S/C11H16N2OS/c14-11(10-2-1-4-12-7-10)13-6-9-3-5-15-8-9/h3,5,8,10,12H,1-2,4,6-7H2,(H,13,14). The number of piperidine rings is 1. The van der Waals surface area contributed by atoms with Gasteiger partial charge in [-0.1, -0.05) is 0 Å². The number of nitrogens with one attached hydrogen (secondary N) is 2. The molecule has 2 heterocycles. The van der Waals surface area contributed by atoms with E-state index in [0.717, 1.165) is 25.9 Å². The predicted octanol–water partition coefficient (Wildman–Crippen LogP) is 1.36. The highest BCUT2D eigenvalue weighted by Gasteiger charge is 2.20. The minimum Gasteiger partial charge on any atom is -0.352 e. The van der Waals surface area contributed by atoms with Gasteiger partial charge in [0, 0.05) is 13.1 Å². The monoisotopic (exact) mass is 224 g/mol. The molecule has 1 atom stereocenters. The number of carbonyl (C=O) groups is 1. The van der Waals surface area contributed by atoms with Crippen LogP contribution in [0, 0.1) is 5.92 Å². The molecule has 0 spiro atoms.